The highest BCUT2D eigenvalue weighted by molar-refractivity contribution is 8.00. The minimum atomic E-state index is -4.33. The zero-order chi connectivity index (χ0) is 18.4. The average molecular weight is 368 g/mol. The number of hydrogen-bond acceptors (Lipinski definition) is 3. The molecule has 2 aromatic rings. The third kappa shape index (κ3) is 6.43. The lowest BCUT2D eigenvalue weighted by molar-refractivity contribution is -0.0328. The van der Waals surface area contributed by atoms with Crippen molar-refractivity contribution >= 4 is 17.7 Å². The van der Waals surface area contributed by atoms with Crippen LogP contribution in [0.25, 0.3) is 0 Å². The smallest absolute Gasteiger partial charge is 0.348 e. The van der Waals surface area contributed by atoms with E-state index in [9.17, 15) is 18.0 Å². The molecule has 2 aromatic carbocycles. The van der Waals surface area contributed by atoms with E-state index < -0.39 is 5.51 Å². The van der Waals surface area contributed by atoms with Crippen LogP contribution in [0, 0.1) is 0 Å². The summed E-state index contributed by atoms with van der Waals surface area (Å²) in [6.45, 7) is 1.12. The highest BCUT2D eigenvalue weighted by atomic mass is 32.2. The van der Waals surface area contributed by atoms with E-state index in [1.807, 2.05) is 43.3 Å². The van der Waals surface area contributed by atoms with Gasteiger partial charge in [0.15, 0.2) is 0 Å². The zero-order valence-corrected chi connectivity index (χ0v) is 14.7. The zero-order valence-electron chi connectivity index (χ0n) is 13.9. The number of halogens is 3. The number of nitrogens with zero attached hydrogens (tertiary/aromatic N) is 1. The Kier molecular flexibility index (Phi) is 6.50. The van der Waals surface area contributed by atoms with Gasteiger partial charge in [0, 0.05) is 23.5 Å². The number of rotatable bonds is 6. The Morgan fingerprint density at radius 1 is 1.04 bits per heavy atom. The second-order valence-electron chi connectivity index (χ2n) is 5.76. The second kappa shape index (κ2) is 8.40. The summed E-state index contributed by atoms with van der Waals surface area (Å²) < 4.78 is 37.0. The van der Waals surface area contributed by atoms with Crippen molar-refractivity contribution in [3.63, 3.8) is 0 Å². The first kappa shape index (κ1) is 19.3. The van der Waals surface area contributed by atoms with Gasteiger partial charge in [-0.1, -0.05) is 24.3 Å². The van der Waals surface area contributed by atoms with Gasteiger partial charge in [-0.3, -0.25) is 4.79 Å². The first-order valence-electron chi connectivity index (χ1n) is 7.60. The molecule has 0 heterocycles. The molecule has 7 heteroatoms. The Labute approximate surface area is 149 Å². The molecule has 0 saturated carbocycles. The van der Waals surface area contributed by atoms with Crippen molar-refractivity contribution in [1.29, 1.82) is 0 Å². The molecule has 2 rings (SSSR count). The van der Waals surface area contributed by atoms with Crippen LogP contribution < -0.4 is 5.32 Å². The summed E-state index contributed by atoms with van der Waals surface area (Å²) >= 11 is -0.197. The van der Waals surface area contributed by atoms with E-state index in [0.717, 1.165) is 17.7 Å². The molecule has 0 bridgehead atoms. The van der Waals surface area contributed by atoms with Crippen LogP contribution in [-0.4, -0.2) is 30.4 Å². The van der Waals surface area contributed by atoms with Crippen molar-refractivity contribution in [3.05, 3.63) is 65.2 Å². The first-order valence-corrected chi connectivity index (χ1v) is 8.42. The van der Waals surface area contributed by atoms with Crippen molar-refractivity contribution in [1.82, 2.24) is 10.2 Å². The largest absolute Gasteiger partial charge is 0.446 e. The molecule has 0 saturated heterocycles. The molecule has 0 spiro atoms. The molecule has 134 valence electrons. The number of alkyl halides is 3. The lowest BCUT2D eigenvalue weighted by Crippen LogP contribution is -2.24. The summed E-state index contributed by atoms with van der Waals surface area (Å²) in [6, 6.07) is 13.2. The van der Waals surface area contributed by atoms with Gasteiger partial charge in [-0.15, -0.1) is 0 Å². The fourth-order valence-electron chi connectivity index (χ4n) is 2.31. The molecule has 0 aromatic heterocycles. The van der Waals surface area contributed by atoms with Crippen molar-refractivity contribution in [2.24, 2.45) is 0 Å². The third-order valence-electron chi connectivity index (χ3n) is 3.39. The van der Waals surface area contributed by atoms with Crippen LogP contribution in [0.2, 0.25) is 0 Å². The van der Waals surface area contributed by atoms with E-state index in [0.29, 0.717) is 12.1 Å². The SMILES string of the molecule is CN(C)Cc1ccccc1CNC(=O)c1ccc(SC(F)(F)F)cc1. The topological polar surface area (TPSA) is 32.3 Å². The molecule has 0 radical (unpaired) electrons. The molecule has 0 fully saturated rings. The summed E-state index contributed by atoms with van der Waals surface area (Å²) in [5.41, 5.74) is -1.88. The number of nitrogens with one attached hydrogen (secondary N) is 1. The van der Waals surface area contributed by atoms with Crippen molar-refractivity contribution in [2.45, 2.75) is 23.5 Å². The predicted octanol–water partition coefficient (Wildman–Crippen LogP) is 4.29. The minimum Gasteiger partial charge on any atom is -0.348 e. The van der Waals surface area contributed by atoms with E-state index in [1.54, 1.807) is 0 Å². The fourth-order valence-corrected chi connectivity index (χ4v) is 2.85. The van der Waals surface area contributed by atoms with Gasteiger partial charge >= 0.3 is 5.51 Å². The van der Waals surface area contributed by atoms with Crippen molar-refractivity contribution < 1.29 is 18.0 Å². The van der Waals surface area contributed by atoms with E-state index >= 15 is 0 Å². The predicted molar refractivity (Wildman–Crippen MR) is 93.4 cm³/mol. The average Bonchev–Trinajstić information content (AvgIpc) is 2.52. The highest BCUT2D eigenvalue weighted by Crippen LogP contribution is 2.36. The van der Waals surface area contributed by atoms with Crippen LogP contribution >= 0.6 is 11.8 Å². The molecule has 0 aliphatic rings. The Bertz CT molecular complexity index is 715. The summed E-state index contributed by atoms with van der Waals surface area (Å²) in [5.74, 6) is -0.316. The van der Waals surface area contributed by atoms with E-state index in [4.69, 9.17) is 0 Å². The van der Waals surface area contributed by atoms with Crippen LogP contribution in [0.5, 0.6) is 0 Å². The number of carbonyl (C=O) groups is 1. The van der Waals surface area contributed by atoms with Gasteiger partial charge in [0.2, 0.25) is 0 Å². The quantitative estimate of drug-likeness (QED) is 0.772. The second-order valence-corrected chi connectivity index (χ2v) is 6.90. The summed E-state index contributed by atoms with van der Waals surface area (Å²) in [5, 5.41) is 2.81. The maximum absolute atomic E-state index is 12.3. The van der Waals surface area contributed by atoms with Gasteiger partial charge in [-0.05, 0) is 61.2 Å². The number of carbonyl (C=O) groups excluding carboxylic acids is 1. The van der Waals surface area contributed by atoms with Crippen LogP contribution in [0.3, 0.4) is 0 Å². The van der Waals surface area contributed by atoms with Crippen LogP contribution in [0.15, 0.2) is 53.4 Å². The monoisotopic (exact) mass is 368 g/mol. The van der Waals surface area contributed by atoms with Gasteiger partial charge in [-0.2, -0.15) is 13.2 Å². The van der Waals surface area contributed by atoms with Crippen molar-refractivity contribution in [2.75, 3.05) is 14.1 Å². The molecule has 0 unspecified atom stereocenters. The maximum Gasteiger partial charge on any atom is 0.446 e. The summed E-state index contributed by atoms with van der Waals surface area (Å²) in [4.78, 5) is 14.3. The van der Waals surface area contributed by atoms with Gasteiger partial charge < -0.3 is 10.2 Å². The van der Waals surface area contributed by atoms with E-state index in [2.05, 4.69) is 5.32 Å². The molecule has 1 amide bonds. The summed E-state index contributed by atoms with van der Waals surface area (Å²) in [6.07, 6.45) is 0. The lowest BCUT2D eigenvalue weighted by atomic mass is 10.1. The third-order valence-corrected chi connectivity index (χ3v) is 4.13. The molecule has 1 N–H and O–H groups in total. The number of amides is 1. The Hall–Kier alpha value is -1.99. The van der Waals surface area contributed by atoms with Gasteiger partial charge in [-0.25, -0.2) is 0 Å². The molecule has 0 atom stereocenters. The van der Waals surface area contributed by atoms with E-state index in [1.165, 1.54) is 24.3 Å². The highest BCUT2D eigenvalue weighted by Gasteiger charge is 2.29. The Morgan fingerprint density at radius 2 is 1.64 bits per heavy atom. The van der Waals surface area contributed by atoms with Gasteiger partial charge in [0.1, 0.15) is 0 Å². The summed E-state index contributed by atoms with van der Waals surface area (Å²) in [7, 11) is 3.94. The van der Waals surface area contributed by atoms with Crippen LogP contribution in [-0.2, 0) is 13.1 Å². The number of benzene rings is 2. The molecular weight excluding hydrogens is 349 g/mol. The normalized spacial score (nSPS) is 11.6. The maximum atomic E-state index is 12.3. The lowest BCUT2D eigenvalue weighted by Gasteiger charge is -2.14. The molecular formula is C18H19F3N2OS. The molecule has 3 nitrogen and oxygen atoms in total. The van der Waals surface area contributed by atoms with Crippen LogP contribution in [0.4, 0.5) is 13.2 Å². The Morgan fingerprint density at radius 3 is 2.20 bits per heavy atom. The molecule has 0 aliphatic carbocycles. The minimum absolute atomic E-state index is 0.0559. The van der Waals surface area contributed by atoms with Gasteiger partial charge in [0.25, 0.3) is 5.91 Å². The van der Waals surface area contributed by atoms with Crippen molar-refractivity contribution in [3.8, 4) is 0 Å². The van der Waals surface area contributed by atoms with E-state index in [-0.39, 0.29) is 22.6 Å². The number of thioether (sulfide) groups is 1. The Balaban J connectivity index is 1.99. The fraction of sp³-hybridized carbons (Fsp3) is 0.278. The standard InChI is InChI=1S/C18H19F3N2OS/c1-23(2)12-15-6-4-3-5-14(15)11-22-17(24)13-7-9-16(10-8-13)25-18(19,20)21/h3-10H,11-12H2,1-2H3,(H,22,24). The van der Waals surface area contributed by atoms with Gasteiger partial charge in [0.05, 0.1) is 0 Å². The van der Waals surface area contributed by atoms with Crippen LogP contribution in [0.1, 0.15) is 21.5 Å². The molecule has 0 aliphatic heterocycles. The molecule has 25 heavy (non-hydrogen) atoms. The first-order chi connectivity index (χ1) is 11.7. The number of hydrogen-bond donors (Lipinski definition) is 1.